The number of β-amino-alcohol motifs (C(OH)–C–C–N with tert-alkyl or cyclic N) is 1. The smallest absolute Gasteiger partial charge is 0.389 e. The summed E-state index contributed by atoms with van der Waals surface area (Å²) in [5, 5.41) is 9.43. The number of rotatable bonds is 5. The van der Waals surface area contributed by atoms with Crippen molar-refractivity contribution in [2.45, 2.75) is 24.1 Å². The van der Waals surface area contributed by atoms with Crippen LogP contribution in [0.5, 0.6) is 0 Å². The molecule has 0 aliphatic carbocycles. The van der Waals surface area contributed by atoms with E-state index in [1.807, 2.05) is 0 Å². The van der Waals surface area contributed by atoms with E-state index < -0.39 is 39.4 Å². The number of sulfonamides is 1. The van der Waals surface area contributed by atoms with Crippen LogP contribution in [0.25, 0.3) is 11.3 Å². The molecule has 1 aliphatic heterocycles. The van der Waals surface area contributed by atoms with E-state index in [9.17, 15) is 31.1 Å². The molecule has 12 heteroatoms. The maximum Gasteiger partial charge on any atom is 0.418 e. The predicted molar refractivity (Wildman–Crippen MR) is 113 cm³/mol. The molecule has 174 valence electrons. The van der Waals surface area contributed by atoms with Crippen LogP contribution in [0.3, 0.4) is 0 Å². The topological polar surface area (TPSA) is 95.4 Å². The number of aryl methyl sites for hydroxylation is 1. The fourth-order valence-corrected chi connectivity index (χ4v) is 4.39. The Morgan fingerprint density at radius 1 is 1.12 bits per heavy atom. The minimum absolute atomic E-state index is 0.106. The van der Waals surface area contributed by atoms with Crippen molar-refractivity contribution in [2.24, 2.45) is 0 Å². The van der Waals surface area contributed by atoms with Crippen molar-refractivity contribution >= 4 is 21.7 Å². The van der Waals surface area contributed by atoms with E-state index >= 15 is 0 Å². The number of hydrogen-bond acceptors (Lipinski definition) is 6. The summed E-state index contributed by atoms with van der Waals surface area (Å²) in [5.41, 5.74) is -1.48. The molecule has 3 heterocycles. The van der Waals surface area contributed by atoms with Gasteiger partial charge in [-0.2, -0.15) is 13.2 Å². The van der Waals surface area contributed by atoms with Gasteiger partial charge in [0.25, 0.3) is 10.0 Å². The molecule has 0 saturated carbocycles. The first-order valence-electron chi connectivity index (χ1n) is 9.71. The Balaban J connectivity index is 1.71. The molecule has 1 fully saturated rings. The number of hydrogen-bond donors (Lipinski definition) is 2. The molecule has 1 saturated heterocycles. The summed E-state index contributed by atoms with van der Waals surface area (Å²) in [6.45, 7) is 2.11. The van der Waals surface area contributed by atoms with E-state index in [1.165, 1.54) is 31.3 Å². The average molecular weight is 482 g/mol. The van der Waals surface area contributed by atoms with Crippen molar-refractivity contribution in [2.75, 3.05) is 22.7 Å². The maximum absolute atomic E-state index is 13.8. The second-order valence-electron chi connectivity index (χ2n) is 7.56. The first-order chi connectivity index (χ1) is 15.4. The summed E-state index contributed by atoms with van der Waals surface area (Å²) < 4.78 is 82.4. The second-order valence-corrected chi connectivity index (χ2v) is 9.25. The van der Waals surface area contributed by atoms with Crippen molar-refractivity contribution in [3.05, 3.63) is 65.6 Å². The number of nitrogens with zero attached hydrogens (tertiary/aromatic N) is 3. The molecule has 0 bridgehead atoms. The van der Waals surface area contributed by atoms with Crippen LogP contribution in [0, 0.1) is 12.7 Å². The zero-order chi connectivity index (χ0) is 24.0. The molecular formula is C21H18F4N4O3S. The number of nitrogens with one attached hydrogen (secondary N) is 1. The van der Waals surface area contributed by atoms with Crippen LogP contribution >= 0.6 is 0 Å². The maximum atomic E-state index is 13.8. The number of anilines is 2. The molecule has 3 aromatic rings. The van der Waals surface area contributed by atoms with Gasteiger partial charge in [-0.05, 0) is 42.8 Å². The molecule has 7 nitrogen and oxygen atoms in total. The zero-order valence-corrected chi connectivity index (χ0v) is 18.0. The zero-order valence-electron chi connectivity index (χ0n) is 17.1. The SMILES string of the molecule is Cc1ccc(F)cc1-c1nc(NS(=O)(=O)c2ccnc(N3CC(O)C3)c2)ccc1C(F)(F)F. The third kappa shape index (κ3) is 4.76. The lowest BCUT2D eigenvalue weighted by molar-refractivity contribution is -0.137. The molecule has 0 atom stereocenters. The number of aromatic nitrogens is 2. The van der Waals surface area contributed by atoms with Gasteiger partial charge in [-0.1, -0.05) is 6.07 Å². The fraction of sp³-hybridized carbons (Fsp3) is 0.238. The van der Waals surface area contributed by atoms with E-state index in [4.69, 9.17) is 0 Å². The summed E-state index contributed by atoms with van der Waals surface area (Å²) in [7, 11) is -4.23. The van der Waals surface area contributed by atoms with Crippen molar-refractivity contribution in [3.63, 3.8) is 0 Å². The van der Waals surface area contributed by atoms with Crippen molar-refractivity contribution in [1.29, 1.82) is 0 Å². The fourth-order valence-electron chi connectivity index (χ4n) is 3.38. The Bertz CT molecular complexity index is 1310. The monoisotopic (exact) mass is 482 g/mol. The number of alkyl halides is 3. The highest BCUT2D eigenvalue weighted by molar-refractivity contribution is 7.92. The van der Waals surface area contributed by atoms with E-state index in [1.54, 1.807) is 4.90 Å². The lowest BCUT2D eigenvalue weighted by atomic mass is 10.0. The average Bonchev–Trinajstić information content (AvgIpc) is 2.72. The van der Waals surface area contributed by atoms with Crippen LogP contribution in [-0.4, -0.2) is 42.7 Å². The molecule has 0 unspecified atom stereocenters. The molecule has 1 aromatic carbocycles. The van der Waals surface area contributed by atoms with Crippen LogP contribution in [0.2, 0.25) is 0 Å². The van der Waals surface area contributed by atoms with Gasteiger partial charge in [0.1, 0.15) is 17.5 Å². The summed E-state index contributed by atoms with van der Waals surface area (Å²) in [4.78, 5) is 9.44. The number of aliphatic hydroxyl groups is 1. The lowest BCUT2D eigenvalue weighted by Gasteiger charge is -2.36. The predicted octanol–water partition coefficient (Wildman–Crippen LogP) is 3.59. The third-order valence-electron chi connectivity index (χ3n) is 5.11. The molecule has 33 heavy (non-hydrogen) atoms. The number of pyridine rings is 2. The van der Waals surface area contributed by atoms with Gasteiger partial charge in [-0.15, -0.1) is 0 Å². The van der Waals surface area contributed by atoms with E-state index in [-0.39, 0.29) is 16.3 Å². The molecular weight excluding hydrogens is 464 g/mol. The van der Waals surface area contributed by atoms with Crippen LogP contribution in [0.4, 0.5) is 29.2 Å². The molecule has 1 aliphatic rings. The molecule has 0 radical (unpaired) electrons. The minimum Gasteiger partial charge on any atom is -0.389 e. The van der Waals surface area contributed by atoms with E-state index in [0.717, 1.165) is 18.2 Å². The highest BCUT2D eigenvalue weighted by Crippen LogP contribution is 2.38. The van der Waals surface area contributed by atoms with Gasteiger partial charge in [0.2, 0.25) is 0 Å². The highest BCUT2D eigenvalue weighted by atomic mass is 32.2. The summed E-state index contributed by atoms with van der Waals surface area (Å²) >= 11 is 0. The van der Waals surface area contributed by atoms with Gasteiger partial charge in [-0.25, -0.2) is 22.8 Å². The molecule has 0 amide bonds. The highest BCUT2D eigenvalue weighted by Gasteiger charge is 2.35. The van der Waals surface area contributed by atoms with E-state index in [2.05, 4.69) is 14.7 Å². The first kappa shape index (κ1) is 22.9. The summed E-state index contributed by atoms with van der Waals surface area (Å²) in [6.07, 6.45) is -4.04. The van der Waals surface area contributed by atoms with Crippen LogP contribution in [0.1, 0.15) is 11.1 Å². The Morgan fingerprint density at radius 2 is 1.85 bits per heavy atom. The first-order valence-corrected chi connectivity index (χ1v) is 11.2. The standard InChI is InChI=1S/C21H18F4N4O3S/c1-12-2-3-13(22)8-16(12)20-17(21(23,24)25)4-5-18(27-20)28-33(31,32)15-6-7-26-19(9-15)29-10-14(30)11-29/h2-9,14,30H,10-11H2,1H3,(H,27,28). The van der Waals surface area contributed by atoms with Crippen molar-refractivity contribution in [3.8, 4) is 11.3 Å². The van der Waals surface area contributed by atoms with Crippen LogP contribution < -0.4 is 9.62 Å². The molecule has 2 aromatic heterocycles. The quantitative estimate of drug-likeness (QED) is 0.540. The molecule has 4 rings (SSSR count). The van der Waals surface area contributed by atoms with Gasteiger partial charge in [0.15, 0.2) is 0 Å². The summed E-state index contributed by atoms with van der Waals surface area (Å²) in [5.74, 6) is -0.782. The van der Waals surface area contributed by atoms with E-state index in [0.29, 0.717) is 30.5 Å². The lowest BCUT2D eigenvalue weighted by Crippen LogP contribution is -2.51. The normalized spacial score (nSPS) is 14.8. The van der Waals surface area contributed by atoms with Gasteiger partial charge >= 0.3 is 6.18 Å². The second kappa shape index (κ2) is 8.27. The Hall–Kier alpha value is -3.25. The Morgan fingerprint density at radius 3 is 2.52 bits per heavy atom. The number of benzene rings is 1. The van der Waals surface area contributed by atoms with Crippen molar-refractivity contribution < 1.29 is 31.1 Å². The van der Waals surface area contributed by atoms with Gasteiger partial charge in [0.05, 0.1) is 22.3 Å². The summed E-state index contributed by atoms with van der Waals surface area (Å²) in [6, 6.07) is 7.45. The Labute approximate surface area is 186 Å². The largest absolute Gasteiger partial charge is 0.418 e. The Kier molecular flexibility index (Phi) is 5.74. The minimum atomic E-state index is -4.79. The molecule has 0 spiro atoms. The van der Waals surface area contributed by atoms with Crippen molar-refractivity contribution in [1.82, 2.24) is 9.97 Å². The van der Waals surface area contributed by atoms with Crippen LogP contribution in [0.15, 0.2) is 53.6 Å². The third-order valence-corrected chi connectivity index (χ3v) is 6.46. The van der Waals surface area contributed by atoms with Gasteiger partial charge < -0.3 is 10.0 Å². The van der Waals surface area contributed by atoms with Crippen LogP contribution in [-0.2, 0) is 16.2 Å². The number of halogens is 4. The van der Waals surface area contributed by atoms with Gasteiger partial charge in [0, 0.05) is 30.9 Å². The number of aliphatic hydroxyl groups excluding tert-OH is 1. The van der Waals surface area contributed by atoms with Gasteiger partial charge in [-0.3, -0.25) is 4.72 Å². The molecule has 2 N–H and O–H groups in total.